The summed E-state index contributed by atoms with van der Waals surface area (Å²) in [6.07, 6.45) is 4.35. The monoisotopic (exact) mass is 263 g/mol. The molecule has 0 aromatic heterocycles. The summed E-state index contributed by atoms with van der Waals surface area (Å²) in [5.74, 6) is -0.845. The molecule has 0 aliphatic carbocycles. The van der Waals surface area contributed by atoms with Gasteiger partial charge >= 0.3 is 5.97 Å². The van der Waals surface area contributed by atoms with Crippen LogP contribution in [0, 0.1) is 5.82 Å². The van der Waals surface area contributed by atoms with Gasteiger partial charge in [0.1, 0.15) is 5.82 Å². The van der Waals surface area contributed by atoms with E-state index in [2.05, 4.69) is 10.1 Å². The van der Waals surface area contributed by atoms with E-state index in [9.17, 15) is 9.18 Å². The van der Waals surface area contributed by atoms with Crippen LogP contribution in [0.5, 0.6) is 0 Å². The molecule has 0 saturated carbocycles. The first-order valence-electron chi connectivity index (χ1n) is 6.83. The molecule has 0 radical (unpaired) electrons. The number of halogens is 1. The molecule has 3 nitrogen and oxygen atoms in total. The van der Waals surface area contributed by atoms with Crippen molar-refractivity contribution in [2.24, 2.45) is 0 Å². The van der Waals surface area contributed by atoms with Gasteiger partial charge in [0.25, 0.3) is 0 Å². The number of rotatable bonds is 2. The second-order valence-electron chi connectivity index (χ2n) is 5.43. The third-order valence-corrected chi connectivity index (χ3v) is 4.42. The minimum atomic E-state index is -0.604. The summed E-state index contributed by atoms with van der Waals surface area (Å²) in [7, 11) is 1.28. The predicted octanol–water partition coefficient (Wildman–Crippen LogP) is 2.61. The highest BCUT2D eigenvalue weighted by Crippen LogP contribution is 2.39. The van der Waals surface area contributed by atoms with Gasteiger partial charge in [-0.1, -0.05) is 12.1 Å². The van der Waals surface area contributed by atoms with E-state index in [-0.39, 0.29) is 11.5 Å². The van der Waals surface area contributed by atoms with Gasteiger partial charge in [-0.3, -0.25) is 0 Å². The summed E-state index contributed by atoms with van der Waals surface area (Å²) in [5.41, 5.74) is 0.695. The molecule has 0 amide bonds. The molecule has 2 fully saturated rings. The molecule has 1 aromatic rings. The van der Waals surface area contributed by atoms with Crippen molar-refractivity contribution >= 4 is 5.97 Å². The van der Waals surface area contributed by atoms with Crippen LogP contribution in [0.15, 0.2) is 18.2 Å². The molecular weight excluding hydrogens is 245 g/mol. The van der Waals surface area contributed by atoms with Crippen LogP contribution >= 0.6 is 0 Å². The zero-order valence-corrected chi connectivity index (χ0v) is 11.0. The number of nitrogens with one attached hydrogen (secondary N) is 1. The van der Waals surface area contributed by atoms with Crippen molar-refractivity contribution < 1.29 is 13.9 Å². The molecule has 2 aliphatic heterocycles. The second kappa shape index (κ2) is 4.93. The van der Waals surface area contributed by atoms with Crippen molar-refractivity contribution in [3.05, 3.63) is 35.1 Å². The van der Waals surface area contributed by atoms with Gasteiger partial charge < -0.3 is 10.1 Å². The van der Waals surface area contributed by atoms with Gasteiger partial charge in [-0.05, 0) is 37.3 Å². The third-order valence-electron chi connectivity index (χ3n) is 4.42. The highest BCUT2D eigenvalue weighted by molar-refractivity contribution is 5.89. The molecule has 2 heterocycles. The van der Waals surface area contributed by atoms with Gasteiger partial charge in [0.15, 0.2) is 0 Å². The normalized spacial score (nSPS) is 29.3. The van der Waals surface area contributed by atoms with Crippen LogP contribution in [-0.2, 0) is 4.74 Å². The summed E-state index contributed by atoms with van der Waals surface area (Å²) >= 11 is 0. The van der Waals surface area contributed by atoms with Crippen LogP contribution in [0.3, 0.4) is 0 Å². The molecule has 0 spiro atoms. The van der Waals surface area contributed by atoms with E-state index >= 15 is 0 Å². The molecule has 2 aliphatic rings. The molecule has 4 heteroatoms. The molecule has 2 unspecified atom stereocenters. The van der Waals surface area contributed by atoms with Crippen LogP contribution in [0.4, 0.5) is 4.39 Å². The summed E-state index contributed by atoms with van der Waals surface area (Å²) in [4.78, 5) is 11.6. The molecule has 2 bridgehead atoms. The predicted molar refractivity (Wildman–Crippen MR) is 69.7 cm³/mol. The van der Waals surface area contributed by atoms with Crippen LogP contribution in [0.2, 0.25) is 0 Å². The minimum absolute atomic E-state index is 0.0418. The van der Waals surface area contributed by atoms with Gasteiger partial charge in [-0.25, -0.2) is 9.18 Å². The Hall–Kier alpha value is -1.42. The Balaban J connectivity index is 1.94. The number of hydrogen-bond acceptors (Lipinski definition) is 3. The maximum absolute atomic E-state index is 14.5. The number of benzene rings is 1. The van der Waals surface area contributed by atoms with Crippen LogP contribution in [-0.4, -0.2) is 25.2 Å². The number of esters is 1. The lowest BCUT2D eigenvalue weighted by atomic mass is 9.84. The van der Waals surface area contributed by atoms with Crippen molar-refractivity contribution in [2.45, 2.75) is 43.7 Å². The molecule has 19 heavy (non-hydrogen) atoms. The van der Waals surface area contributed by atoms with Gasteiger partial charge in [-0.15, -0.1) is 0 Å². The average Bonchev–Trinajstić information content (AvgIpc) is 2.81. The third kappa shape index (κ3) is 2.14. The van der Waals surface area contributed by atoms with Gasteiger partial charge in [0.2, 0.25) is 0 Å². The Labute approximate surface area is 112 Å². The Bertz CT molecular complexity index is 503. The number of ether oxygens (including phenoxy) is 1. The lowest BCUT2D eigenvalue weighted by molar-refractivity contribution is 0.0595. The maximum atomic E-state index is 14.5. The topological polar surface area (TPSA) is 38.3 Å². The number of methoxy groups -OCH3 is 1. The van der Waals surface area contributed by atoms with Gasteiger partial charge in [0.05, 0.1) is 12.7 Å². The number of carbonyl (C=O) groups excluding carboxylic acids is 1. The number of piperidine rings is 1. The van der Waals surface area contributed by atoms with Crippen LogP contribution in [0.1, 0.15) is 47.5 Å². The minimum Gasteiger partial charge on any atom is -0.465 e. The van der Waals surface area contributed by atoms with E-state index in [1.807, 2.05) is 0 Å². The second-order valence-corrected chi connectivity index (χ2v) is 5.43. The first-order valence-corrected chi connectivity index (χ1v) is 6.83. The number of carbonyl (C=O) groups is 1. The van der Waals surface area contributed by atoms with Crippen molar-refractivity contribution in [2.75, 3.05) is 7.11 Å². The molecule has 2 saturated heterocycles. The highest BCUT2D eigenvalue weighted by Gasteiger charge is 2.37. The van der Waals surface area contributed by atoms with E-state index in [1.165, 1.54) is 19.6 Å². The summed E-state index contributed by atoms with van der Waals surface area (Å²) in [6, 6.07) is 5.98. The molecule has 3 rings (SSSR count). The van der Waals surface area contributed by atoms with E-state index in [0.717, 1.165) is 19.3 Å². The summed E-state index contributed by atoms with van der Waals surface area (Å²) in [6.45, 7) is 0. The Kier molecular flexibility index (Phi) is 3.27. The lowest BCUT2D eigenvalue weighted by Gasteiger charge is -2.31. The highest BCUT2D eigenvalue weighted by atomic mass is 19.1. The largest absolute Gasteiger partial charge is 0.465 e. The van der Waals surface area contributed by atoms with Crippen molar-refractivity contribution in [3.8, 4) is 0 Å². The van der Waals surface area contributed by atoms with Crippen molar-refractivity contribution in [1.82, 2.24) is 5.32 Å². The molecule has 102 valence electrons. The summed E-state index contributed by atoms with van der Waals surface area (Å²) < 4.78 is 19.1. The van der Waals surface area contributed by atoms with Gasteiger partial charge in [0, 0.05) is 18.0 Å². The average molecular weight is 263 g/mol. The standard InChI is InChI=1S/C15H18FNO2/c1-19-15(18)12-4-2-3-11(14(12)16)10-7-5-9-6-8-13(10)17-9/h2-4,9-10,13,17H,5-8H2,1H3/t9-,10?,13?/m1/s1. The fourth-order valence-electron chi connectivity index (χ4n) is 3.45. The number of fused-ring (bicyclic) bond motifs is 2. The van der Waals surface area contributed by atoms with Crippen LogP contribution < -0.4 is 5.32 Å². The van der Waals surface area contributed by atoms with E-state index in [4.69, 9.17) is 0 Å². The maximum Gasteiger partial charge on any atom is 0.340 e. The zero-order valence-electron chi connectivity index (χ0n) is 11.0. The Morgan fingerprint density at radius 1 is 1.32 bits per heavy atom. The molecule has 3 atom stereocenters. The summed E-state index contributed by atoms with van der Waals surface area (Å²) in [5, 5.41) is 3.55. The molecular formula is C15H18FNO2. The first-order chi connectivity index (χ1) is 9.20. The fraction of sp³-hybridized carbons (Fsp3) is 0.533. The van der Waals surface area contributed by atoms with Crippen molar-refractivity contribution in [3.63, 3.8) is 0 Å². The number of hydrogen-bond donors (Lipinski definition) is 1. The van der Waals surface area contributed by atoms with Gasteiger partial charge in [-0.2, -0.15) is 0 Å². The lowest BCUT2D eigenvalue weighted by Crippen LogP contribution is -2.39. The van der Waals surface area contributed by atoms with Crippen LogP contribution in [0.25, 0.3) is 0 Å². The van der Waals surface area contributed by atoms with E-state index < -0.39 is 11.8 Å². The Morgan fingerprint density at radius 3 is 2.89 bits per heavy atom. The van der Waals surface area contributed by atoms with Crippen molar-refractivity contribution in [1.29, 1.82) is 0 Å². The molecule has 1 aromatic carbocycles. The van der Waals surface area contributed by atoms with E-state index in [0.29, 0.717) is 17.6 Å². The fourth-order valence-corrected chi connectivity index (χ4v) is 3.45. The Morgan fingerprint density at radius 2 is 2.11 bits per heavy atom. The zero-order chi connectivity index (χ0) is 13.4. The van der Waals surface area contributed by atoms with E-state index in [1.54, 1.807) is 12.1 Å². The SMILES string of the molecule is COC(=O)c1cccc(C2CC[C@@H]3CCC2N3)c1F. The smallest absolute Gasteiger partial charge is 0.340 e. The molecule has 1 N–H and O–H groups in total. The first kappa shape index (κ1) is 12.6. The quantitative estimate of drug-likeness (QED) is 0.834.